The van der Waals surface area contributed by atoms with Gasteiger partial charge in [-0.1, -0.05) is 0 Å². The van der Waals surface area contributed by atoms with Crippen LogP contribution in [0.5, 0.6) is 5.88 Å². The number of ether oxygens (including phenoxy) is 1. The van der Waals surface area contributed by atoms with Crippen LogP contribution in [0, 0.1) is 13.8 Å². The Hall–Kier alpha value is -2.15. The average Bonchev–Trinajstić information content (AvgIpc) is 2.83. The predicted molar refractivity (Wildman–Crippen MR) is 76.8 cm³/mol. The molecule has 2 aromatic heterocycles. The Morgan fingerprint density at radius 1 is 1.14 bits per heavy atom. The second-order valence-corrected chi connectivity index (χ2v) is 5.78. The van der Waals surface area contributed by atoms with Gasteiger partial charge in [0.05, 0.1) is 17.2 Å². The quantitative estimate of drug-likeness (QED) is 0.734. The summed E-state index contributed by atoms with van der Waals surface area (Å²) in [7, 11) is 0. The molecule has 4 nitrogen and oxygen atoms in total. The summed E-state index contributed by atoms with van der Waals surface area (Å²) in [6.45, 7) is 0.966. The molecule has 0 spiro atoms. The highest BCUT2D eigenvalue weighted by Gasteiger charge is 2.13. The highest BCUT2D eigenvalue weighted by molar-refractivity contribution is 7.15. The van der Waals surface area contributed by atoms with Gasteiger partial charge in [0.1, 0.15) is 5.01 Å². The highest BCUT2D eigenvalue weighted by Crippen LogP contribution is 2.31. The fourth-order valence-electron chi connectivity index (χ4n) is 2.04. The maximum atomic E-state index is 12.2. The summed E-state index contributed by atoms with van der Waals surface area (Å²) in [6, 6.07) is 3.74. The lowest BCUT2D eigenvalue weighted by atomic mass is 10.1. The fourth-order valence-corrected chi connectivity index (χ4v) is 2.82. The van der Waals surface area contributed by atoms with Gasteiger partial charge < -0.3 is 4.74 Å². The molecule has 7 heteroatoms. The molecular formula is C14H11F2N3OS. The van der Waals surface area contributed by atoms with Crippen molar-refractivity contribution in [3.8, 4) is 16.5 Å². The normalized spacial score (nSPS) is 11.3. The van der Waals surface area contributed by atoms with Crippen molar-refractivity contribution in [1.29, 1.82) is 0 Å². The largest absolute Gasteiger partial charge is 0.415 e. The number of nitrogens with zero attached hydrogens (tertiary/aromatic N) is 3. The average molecular weight is 307 g/mol. The number of alkyl halides is 2. The molecule has 0 aliphatic rings. The molecule has 0 fully saturated rings. The molecule has 108 valence electrons. The zero-order valence-corrected chi connectivity index (χ0v) is 12.1. The van der Waals surface area contributed by atoms with Crippen molar-refractivity contribution in [2.24, 2.45) is 0 Å². The third-order valence-corrected chi connectivity index (χ3v) is 3.78. The van der Waals surface area contributed by atoms with Crippen LogP contribution in [0.2, 0.25) is 0 Å². The summed E-state index contributed by atoms with van der Waals surface area (Å²) in [6.07, 6.45) is 2.99. The molecular weight excluding hydrogens is 296 g/mol. The number of aromatic nitrogens is 3. The summed E-state index contributed by atoms with van der Waals surface area (Å²) < 4.78 is 28.8. The molecule has 3 rings (SSSR count). The Balaban J connectivity index is 2.17. The third kappa shape index (κ3) is 2.82. The van der Waals surface area contributed by atoms with Crippen LogP contribution >= 0.6 is 11.3 Å². The van der Waals surface area contributed by atoms with Crippen molar-refractivity contribution in [3.05, 3.63) is 35.0 Å². The Kier molecular flexibility index (Phi) is 3.50. The first-order valence-corrected chi connectivity index (χ1v) is 6.99. The van der Waals surface area contributed by atoms with E-state index in [1.807, 2.05) is 19.9 Å². The van der Waals surface area contributed by atoms with Crippen molar-refractivity contribution < 1.29 is 13.5 Å². The van der Waals surface area contributed by atoms with E-state index in [4.69, 9.17) is 0 Å². The van der Waals surface area contributed by atoms with Crippen molar-refractivity contribution in [1.82, 2.24) is 15.0 Å². The first-order chi connectivity index (χ1) is 10.0. The number of fused-ring (bicyclic) bond motifs is 1. The predicted octanol–water partition coefficient (Wildman–Crippen LogP) is 3.97. The molecule has 0 radical (unpaired) electrons. The topological polar surface area (TPSA) is 47.9 Å². The van der Waals surface area contributed by atoms with Gasteiger partial charge in [-0.05, 0) is 31.5 Å². The smallest absolute Gasteiger partial charge is 0.388 e. The van der Waals surface area contributed by atoms with Gasteiger partial charge in [0.2, 0.25) is 5.88 Å². The maximum Gasteiger partial charge on any atom is 0.388 e. The third-order valence-electron chi connectivity index (χ3n) is 2.83. The molecule has 21 heavy (non-hydrogen) atoms. The Bertz CT molecular complexity index is 804. The van der Waals surface area contributed by atoms with E-state index in [9.17, 15) is 8.78 Å². The van der Waals surface area contributed by atoms with E-state index in [1.165, 1.54) is 6.20 Å². The van der Waals surface area contributed by atoms with E-state index < -0.39 is 6.61 Å². The molecule has 0 atom stereocenters. The molecule has 0 bridgehead atoms. The van der Waals surface area contributed by atoms with E-state index in [-0.39, 0.29) is 5.88 Å². The second kappa shape index (κ2) is 5.33. The minimum absolute atomic E-state index is 0.190. The van der Waals surface area contributed by atoms with Gasteiger partial charge in [0.15, 0.2) is 0 Å². The minimum Gasteiger partial charge on any atom is -0.415 e. The van der Waals surface area contributed by atoms with E-state index >= 15 is 0 Å². The van der Waals surface area contributed by atoms with E-state index in [2.05, 4.69) is 19.7 Å². The number of aryl methyl sites for hydroxylation is 2. The summed E-state index contributed by atoms with van der Waals surface area (Å²) >= 11 is 1.55. The molecule has 0 amide bonds. The monoisotopic (exact) mass is 307 g/mol. The Labute approximate surface area is 123 Å². The maximum absolute atomic E-state index is 12.2. The Morgan fingerprint density at radius 2 is 1.95 bits per heavy atom. The standard InChI is InChI=1S/C14H11F2N3OS/c1-7-3-9(13-18-5-8(2)21-13)12-10(4-7)19-11(6-17-12)20-14(15)16/h3-6,14H,1-2H3. The van der Waals surface area contributed by atoms with Crippen LogP contribution in [0.4, 0.5) is 8.78 Å². The van der Waals surface area contributed by atoms with E-state index in [0.29, 0.717) is 11.0 Å². The van der Waals surface area contributed by atoms with Gasteiger partial charge in [-0.2, -0.15) is 8.78 Å². The zero-order valence-electron chi connectivity index (χ0n) is 11.3. The van der Waals surface area contributed by atoms with Gasteiger partial charge in [-0.15, -0.1) is 11.3 Å². The molecule has 1 aromatic carbocycles. The van der Waals surface area contributed by atoms with E-state index in [0.717, 1.165) is 21.0 Å². The number of benzene rings is 1. The summed E-state index contributed by atoms with van der Waals surface area (Å²) in [5.74, 6) is -0.190. The molecule has 0 saturated carbocycles. The number of rotatable bonds is 3. The Morgan fingerprint density at radius 3 is 2.62 bits per heavy atom. The second-order valence-electron chi connectivity index (χ2n) is 4.54. The number of hydrogen-bond donors (Lipinski definition) is 0. The highest BCUT2D eigenvalue weighted by atomic mass is 32.1. The van der Waals surface area contributed by atoms with Crippen molar-refractivity contribution in [2.75, 3.05) is 0 Å². The van der Waals surface area contributed by atoms with Crippen LogP contribution in [0.3, 0.4) is 0 Å². The van der Waals surface area contributed by atoms with Gasteiger partial charge in [0, 0.05) is 16.6 Å². The number of thiazole rings is 1. The molecule has 0 N–H and O–H groups in total. The lowest BCUT2D eigenvalue weighted by Crippen LogP contribution is -2.04. The number of halogens is 2. The molecule has 3 aromatic rings. The van der Waals surface area contributed by atoms with Crippen LogP contribution in [0.25, 0.3) is 21.6 Å². The van der Waals surface area contributed by atoms with Gasteiger partial charge in [-0.25, -0.2) is 15.0 Å². The van der Waals surface area contributed by atoms with Gasteiger partial charge in [-0.3, -0.25) is 0 Å². The number of hydrogen-bond acceptors (Lipinski definition) is 5. The molecule has 0 aliphatic carbocycles. The molecule has 0 saturated heterocycles. The summed E-state index contributed by atoms with van der Waals surface area (Å²) in [5, 5.41) is 0.832. The first kappa shape index (κ1) is 13.8. The van der Waals surface area contributed by atoms with Crippen LogP contribution in [0.1, 0.15) is 10.4 Å². The van der Waals surface area contributed by atoms with Crippen LogP contribution < -0.4 is 4.74 Å². The fraction of sp³-hybridized carbons (Fsp3) is 0.214. The van der Waals surface area contributed by atoms with Gasteiger partial charge >= 0.3 is 6.61 Å². The van der Waals surface area contributed by atoms with E-state index in [1.54, 1.807) is 23.6 Å². The van der Waals surface area contributed by atoms with Crippen molar-refractivity contribution in [2.45, 2.75) is 20.5 Å². The van der Waals surface area contributed by atoms with Crippen LogP contribution in [-0.4, -0.2) is 21.6 Å². The molecule has 0 unspecified atom stereocenters. The lowest BCUT2D eigenvalue weighted by Gasteiger charge is -2.07. The lowest BCUT2D eigenvalue weighted by molar-refractivity contribution is -0.0528. The van der Waals surface area contributed by atoms with Gasteiger partial charge in [0.25, 0.3) is 0 Å². The minimum atomic E-state index is -2.91. The van der Waals surface area contributed by atoms with Crippen LogP contribution in [-0.2, 0) is 0 Å². The summed E-state index contributed by atoms with van der Waals surface area (Å²) in [5.41, 5.74) is 2.93. The molecule has 0 aliphatic heterocycles. The first-order valence-electron chi connectivity index (χ1n) is 6.18. The SMILES string of the molecule is Cc1cc(-c2ncc(C)s2)c2ncc(OC(F)F)nc2c1. The zero-order chi connectivity index (χ0) is 15.0. The summed E-state index contributed by atoms with van der Waals surface area (Å²) in [4.78, 5) is 13.7. The van der Waals surface area contributed by atoms with Crippen molar-refractivity contribution >= 4 is 22.4 Å². The van der Waals surface area contributed by atoms with Crippen molar-refractivity contribution in [3.63, 3.8) is 0 Å². The molecule has 2 heterocycles. The van der Waals surface area contributed by atoms with Crippen LogP contribution in [0.15, 0.2) is 24.5 Å².